The summed E-state index contributed by atoms with van der Waals surface area (Å²) in [6, 6.07) is 0. The van der Waals surface area contributed by atoms with Crippen LogP contribution in [0.1, 0.15) is 110 Å². The highest BCUT2D eigenvalue weighted by Gasteiger charge is 2.32. The van der Waals surface area contributed by atoms with Crippen LogP contribution in [0.4, 0.5) is 5.82 Å². The zero-order chi connectivity index (χ0) is 27.5. The molecule has 0 spiro atoms. The minimum Gasteiger partial charge on any atom is -0.382 e. The molecular weight excluding hydrogens is 517 g/mol. The van der Waals surface area contributed by atoms with Crippen molar-refractivity contribution >= 4 is 36.3 Å². The molecule has 0 aliphatic carbocycles. The first-order valence-corrected chi connectivity index (χ1v) is 17.6. The van der Waals surface area contributed by atoms with Crippen LogP contribution in [0.3, 0.4) is 0 Å². The number of imidazole rings is 1. The lowest BCUT2D eigenvalue weighted by atomic mass is 10.0. The van der Waals surface area contributed by atoms with E-state index in [1.807, 2.05) is 23.3 Å². The Kier molecular flexibility index (Phi) is 17.3. The van der Waals surface area contributed by atoms with Crippen molar-refractivity contribution in [1.82, 2.24) is 19.5 Å². The lowest BCUT2D eigenvalue weighted by Gasteiger charge is -2.23. The van der Waals surface area contributed by atoms with E-state index >= 15 is 0 Å². The van der Waals surface area contributed by atoms with E-state index in [2.05, 4.69) is 21.9 Å². The van der Waals surface area contributed by atoms with Gasteiger partial charge in [0.25, 0.3) is 0 Å². The first-order chi connectivity index (χ1) is 18.5. The standard InChI is InChI=1S/C28H52N5O3PS/c1-4-5-6-7-8-9-10-11-12-13-14-15-16-17-20-38-21-18-19-36-37(34,35-3)25(2)22-33-24-32-26-27(29)30-23-31-28(26)33/h23-25H,4-22H2,1-3H3,(H2,29,30,31)/t25-,37-/m1/s1. The highest BCUT2D eigenvalue weighted by Crippen LogP contribution is 2.53. The van der Waals surface area contributed by atoms with Crippen LogP contribution in [0.5, 0.6) is 0 Å². The Labute approximate surface area is 235 Å². The lowest BCUT2D eigenvalue weighted by molar-refractivity contribution is 0.225. The smallest absolute Gasteiger partial charge is 0.334 e. The SMILES string of the molecule is CCCCCCCCCCCCCCCCSCCCO[P@](=O)(OC)[C@H](C)Cn1cnc2c(N)ncnc21. The molecule has 2 rings (SSSR count). The van der Waals surface area contributed by atoms with Gasteiger partial charge in [0.05, 0.1) is 18.6 Å². The summed E-state index contributed by atoms with van der Waals surface area (Å²) in [6.07, 6.45) is 23.4. The van der Waals surface area contributed by atoms with Gasteiger partial charge in [-0.2, -0.15) is 11.8 Å². The number of nitrogens with two attached hydrogens (primary N) is 1. The summed E-state index contributed by atoms with van der Waals surface area (Å²) in [4.78, 5) is 12.5. The fraction of sp³-hybridized carbons (Fsp3) is 0.821. The van der Waals surface area contributed by atoms with Crippen molar-refractivity contribution < 1.29 is 13.6 Å². The van der Waals surface area contributed by atoms with Gasteiger partial charge in [0.2, 0.25) is 0 Å². The molecule has 0 aliphatic heterocycles. The highest BCUT2D eigenvalue weighted by molar-refractivity contribution is 7.99. The fourth-order valence-electron chi connectivity index (χ4n) is 4.63. The number of hydrogen-bond acceptors (Lipinski definition) is 8. The van der Waals surface area contributed by atoms with E-state index in [1.54, 1.807) is 6.33 Å². The Balaban J connectivity index is 1.45. The lowest BCUT2D eigenvalue weighted by Crippen LogP contribution is -2.16. The second-order valence-electron chi connectivity index (χ2n) is 10.3. The maximum Gasteiger partial charge on any atom is 0.334 e. The highest BCUT2D eigenvalue weighted by atomic mass is 32.2. The Hall–Kier alpha value is -1.15. The fourth-order valence-corrected chi connectivity index (χ4v) is 7.04. The molecule has 0 aliphatic rings. The van der Waals surface area contributed by atoms with Crippen LogP contribution in [0.25, 0.3) is 11.2 Å². The van der Waals surface area contributed by atoms with Crippen molar-refractivity contribution in [2.45, 2.75) is 122 Å². The number of thioether (sulfide) groups is 1. The third kappa shape index (κ3) is 12.4. The van der Waals surface area contributed by atoms with E-state index in [-0.39, 0.29) is 5.66 Å². The number of nitrogen functional groups attached to an aromatic ring is 1. The van der Waals surface area contributed by atoms with Crippen LogP contribution in [0, 0.1) is 0 Å². The number of nitrogens with zero attached hydrogens (tertiary/aromatic N) is 4. The zero-order valence-electron chi connectivity index (χ0n) is 24.1. The van der Waals surface area contributed by atoms with Crippen LogP contribution in [-0.2, 0) is 20.2 Å². The topological polar surface area (TPSA) is 105 Å². The summed E-state index contributed by atoms with van der Waals surface area (Å²) in [6.45, 7) is 4.99. The third-order valence-corrected chi connectivity index (χ3v) is 10.5. The average molecular weight is 570 g/mol. The minimum atomic E-state index is -3.25. The van der Waals surface area contributed by atoms with Crippen molar-refractivity contribution in [3.05, 3.63) is 12.7 Å². The predicted octanol–water partition coefficient (Wildman–Crippen LogP) is 8.26. The maximum absolute atomic E-state index is 13.3. The van der Waals surface area contributed by atoms with Crippen molar-refractivity contribution in [3.63, 3.8) is 0 Å². The molecule has 2 N–H and O–H groups in total. The van der Waals surface area contributed by atoms with Crippen molar-refractivity contribution in [2.24, 2.45) is 0 Å². The van der Waals surface area contributed by atoms with Crippen molar-refractivity contribution in [1.29, 1.82) is 0 Å². The van der Waals surface area contributed by atoms with Crippen molar-refractivity contribution in [3.8, 4) is 0 Å². The number of aromatic nitrogens is 4. The Bertz CT molecular complexity index is 929. The zero-order valence-corrected chi connectivity index (χ0v) is 25.8. The summed E-state index contributed by atoms with van der Waals surface area (Å²) in [5.41, 5.74) is 6.68. The van der Waals surface area contributed by atoms with Crippen LogP contribution in [0.15, 0.2) is 12.7 Å². The van der Waals surface area contributed by atoms with Gasteiger partial charge in [-0.1, -0.05) is 90.4 Å². The first kappa shape index (κ1) is 33.1. The molecule has 0 unspecified atom stereocenters. The molecule has 0 aromatic carbocycles. The molecule has 10 heteroatoms. The second-order valence-corrected chi connectivity index (χ2v) is 14.1. The molecule has 0 bridgehead atoms. The normalized spacial score (nSPS) is 14.2. The monoisotopic (exact) mass is 569 g/mol. The van der Waals surface area contributed by atoms with Gasteiger partial charge in [-0.05, 0) is 31.3 Å². The molecule has 8 nitrogen and oxygen atoms in total. The molecule has 0 fully saturated rings. The molecule has 0 saturated carbocycles. The van der Waals surface area contributed by atoms with Gasteiger partial charge in [0.1, 0.15) is 11.8 Å². The third-order valence-electron chi connectivity index (χ3n) is 7.03. The molecule has 0 saturated heterocycles. The summed E-state index contributed by atoms with van der Waals surface area (Å²) >= 11 is 1.96. The average Bonchev–Trinajstić information content (AvgIpc) is 3.33. The predicted molar refractivity (Wildman–Crippen MR) is 162 cm³/mol. The van der Waals surface area contributed by atoms with Gasteiger partial charge < -0.3 is 19.3 Å². The molecule has 2 aromatic rings. The summed E-state index contributed by atoms with van der Waals surface area (Å²) < 4.78 is 26.2. The summed E-state index contributed by atoms with van der Waals surface area (Å²) in [5.74, 6) is 2.53. The minimum absolute atomic E-state index is 0.333. The summed E-state index contributed by atoms with van der Waals surface area (Å²) in [7, 11) is -1.80. The van der Waals surface area contributed by atoms with Gasteiger partial charge in [-0.15, -0.1) is 0 Å². The van der Waals surface area contributed by atoms with Crippen LogP contribution < -0.4 is 5.73 Å². The number of anilines is 1. The van der Waals surface area contributed by atoms with Crippen LogP contribution in [-0.4, -0.2) is 50.4 Å². The molecule has 38 heavy (non-hydrogen) atoms. The number of rotatable bonds is 24. The van der Waals surface area contributed by atoms with E-state index in [0.717, 1.165) is 12.2 Å². The van der Waals surface area contributed by atoms with E-state index in [4.69, 9.17) is 14.8 Å². The molecule has 0 amide bonds. The van der Waals surface area contributed by atoms with Crippen LogP contribution in [0.2, 0.25) is 0 Å². The first-order valence-electron chi connectivity index (χ1n) is 14.8. The Morgan fingerprint density at radius 3 is 2.08 bits per heavy atom. The number of fused-ring (bicyclic) bond motifs is 1. The van der Waals surface area contributed by atoms with E-state index in [1.165, 1.54) is 109 Å². The molecule has 2 heterocycles. The van der Waals surface area contributed by atoms with E-state index < -0.39 is 7.60 Å². The van der Waals surface area contributed by atoms with Gasteiger partial charge in [0, 0.05) is 13.7 Å². The van der Waals surface area contributed by atoms with E-state index in [0.29, 0.717) is 30.1 Å². The molecule has 0 radical (unpaired) electrons. The number of unbranched alkanes of at least 4 members (excludes halogenated alkanes) is 13. The molecule has 2 aromatic heterocycles. The number of hydrogen-bond donors (Lipinski definition) is 1. The van der Waals surface area contributed by atoms with Crippen molar-refractivity contribution in [2.75, 3.05) is 31.0 Å². The van der Waals surface area contributed by atoms with Gasteiger partial charge in [-0.25, -0.2) is 15.0 Å². The van der Waals surface area contributed by atoms with Gasteiger partial charge in [-0.3, -0.25) is 4.57 Å². The van der Waals surface area contributed by atoms with E-state index in [9.17, 15) is 4.57 Å². The van der Waals surface area contributed by atoms with Gasteiger partial charge >= 0.3 is 7.60 Å². The Morgan fingerprint density at radius 1 is 0.895 bits per heavy atom. The molecular formula is C28H52N5O3PS. The maximum atomic E-state index is 13.3. The Morgan fingerprint density at radius 2 is 1.47 bits per heavy atom. The summed E-state index contributed by atoms with van der Waals surface area (Å²) in [5, 5.41) is 0. The largest absolute Gasteiger partial charge is 0.382 e. The second kappa shape index (κ2) is 19.8. The molecule has 218 valence electrons. The quantitative estimate of drug-likeness (QED) is 0.0995. The van der Waals surface area contributed by atoms with Gasteiger partial charge in [0.15, 0.2) is 11.5 Å². The van der Waals surface area contributed by atoms with Crippen LogP contribution >= 0.6 is 19.4 Å². The molecule has 2 atom stereocenters.